The number of ether oxygens (including phenoxy) is 2. The fourth-order valence-corrected chi connectivity index (χ4v) is 1.25. The van der Waals surface area contributed by atoms with Gasteiger partial charge in [-0.1, -0.05) is 0 Å². The summed E-state index contributed by atoms with van der Waals surface area (Å²) in [6.45, 7) is 1.54. The van der Waals surface area contributed by atoms with Gasteiger partial charge in [-0.05, 0) is 25.1 Å². The number of benzene rings is 1. The molecule has 0 heterocycles. The van der Waals surface area contributed by atoms with Crippen LogP contribution in [-0.2, 0) is 16.1 Å². The van der Waals surface area contributed by atoms with E-state index in [4.69, 9.17) is 19.8 Å². The molecular formula is C12H13NO4. The van der Waals surface area contributed by atoms with Crippen LogP contribution in [0.5, 0.6) is 5.75 Å². The molecule has 0 aromatic heterocycles. The summed E-state index contributed by atoms with van der Waals surface area (Å²) in [5.41, 5.74) is 1.13. The lowest BCUT2D eigenvalue weighted by Gasteiger charge is -2.11. The van der Waals surface area contributed by atoms with Crippen molar-refractivity contribution in [1.29, 1.82) is 5.26 Å². The van der Waals surface area contributed by atoms with Gasteiger partial charge >= 0.3 is 5.97 Å². The molecule has 0 bridgehead atoms. The molecule has 0 unspecified atom stereocenters. The number of carboxylic acids is 1. The fourth-order valence-electron chi connectivity index (χ4n) is 1.25. The third-order valence-electron chi connectivity index (χ3n) is 2.25. The lowest BCUT2D eigenvalue weighted by atomic mass is 10.1. The average molecular weight is 235 g/mol. The summed E-state index contributed by atoms with van der Waals surface area (Å²) in [5.74, 6) is -0.456. The Morgan fingerprint density at radius 1 is 1.59 bits per heavy atom. The predicted octanol–water partition coefficient (Wildman–Crippen LogP) is 1.56. The highest BCUT2D eigenvalue weighted by molar-refractivity contribution is 5.71. The van der Waals surface area contributed by atoms with E-state index in [2.05, 4.69) is 0 Å². The zero-order valence-corrected chi connectivity index (χ0v) is 9.64. The smallest absolute Gasteiger partial charge is 0.332 e. The number of rotatable bonds is 5. The summed E-state index contributed by atoms with van der Waals surface area (Å²) < 4.78 is 10.2. The number of hydrogen-bond donors (Lipinski definition) is 1. The van der Waals surface area contributed by atoms with Gasteiger partial charge in [0.2, 0.25) is 0 Å². The molecule has 0 fully saturated rings. The Hall–Kier alpha value is -2.06. The van der Waals surface area contributed by atoms with Crippen LogP contribution in [-0.4, -0.2) is 24.3 Å². The molecule has 1 rings (SSSR count). The second-order valence-electron chi connectivity index (χ2n) is 3.43. The summed E-state index contributed by atoms with van der Waals surface area (Å²) in [6.07, 6.45) is -0.898. The molecule has 0 aliphatic rings. The monoisotopic (exact) mass is 235 g/mol. The van der Waals surface area contributed by atoms with Crippen LogP contribution in [0.25, 0.3) is 0 Å². The first-order valence-electron chi connectivity index (χ1n) is 5.00. The number of nitrogens with zero attached hydrogens (tertiary/aromatic N) is 1. The van der Waals surface area contributed by atoms with Gasteiger partial charge in [0, 0.05) is 5.56 Å². The van der Waals surface area contributed by atoms with Crippen molar-refractivity contribution in [1.82, 2.24) is 0 Å². The maximum Gasteiger partial charge on any atom is 0.332 e. The van der Waals surface area contributed by atoms with E-state index in [0.717, 1.165) is 0 Å². The van der Waals surface area contributed by atoms with Crippen LogP contribution in [0.15, 0.2) is 18.2 Å². The highest BCUT2D eigenvalue weighted by Gasteiger charge is 2.13. The van der Waals surface area contributed by atoms with Gasteiger partial charge in [0.05, 0.1) is 25.3 Å². The normalized spacial score (nSPS) is 11.6. The second-order valence-corrected chi connectivity index (χ2v) is 3.43. The molecule has 0 aliphatic carbocycles. The average Bonchev–Trinajstić information content (AvgIpc) is 2.35. The van der Waals surface area contributed by atoms with Gasteiger partial charge in [0.1, 0.15) is 5.75 Å². The number of methoxy groups -OCH3 is 1. The molecule has 0 amide bonds. The van der Waals surface area contributed by atoms with E-state index in [9.17, 15) is 4.79 Å². The number of carbonyl (C=O) groups is 1. The minimum Gasteiger partial charge on any atom is -0.496 e. The predicted molar refractivity (Wildman–Crippen MR) is 59.6 cm³/mol. The maximum absolute atomic E-state index is 10.6. The molecule has 5 nitrogen and oxygen atoms in total. The molecule has 1 aromatic carbocycles. The van der Waals surface area contributed by atoms with Gasteiger partial charge in [-0.2, -0.15) is 5.26 Å². The molecule has 5 heteroatoms. The van der Waals surface area contributed by atoms with Gasteiger partial charge in [-0.15, -0.1) is 0 Å². The summed E-state index contributed by atoms with van der Waals surface area (Å²) in [6, 6.07) is 6.90. The van der Waals surface area contributed by atoms with Crippen LogP contribution in [0.3, 0.4) is 0 Å². The highest BCUT2D eigenvalue weighted by atomic mass is 16.5. The zero-order valence-electron chi connectivity index (χ0n) is 9.64. The van der Waals surface area contributed by atoms with Crippen molar-refractivity contribution in [3.63, 3.8) is 0 Å². The molecule has 1 N–H and O–H groups in total. The zero-order chi connectivity index (χ0) is 12.8. The first kappa shape index (κ1) is 13.0. The number of nitriles is 1. The minimum atomic E-state index is -1.03. The van der Waals surface area contributed by atoms with Gasteiger partial charge in [0.25, 0.3) is 0 Å². The minimum absolute atomic E-state index is 0.0894. The first-order chi connectivity index (χ1) is 8.08. The van der Waals surface area contributed by atoms with Crippen LogP contribution >= 0.6 is 0 Å². The second kappa shape index (κ2) is 5.87. The van der Waals surface area contributed by atoms with Crippen molar-refractivity contribution in [3.8, 4) is 11.8 Å². The Kier molecular flexibility index (Phi) is 4.49. The van der Waals surface area contributed by atoms with Crippen LogP contribution in [0.1, 0.15) is 18.1 Å². The van der Waals surface area contributed by atoms with Crippen molar-refractivity contribution in [3.05, 3.63) is 29.3 Å². The molecular weight excluding hydrogens is 222 g/mol. The number of hydrogen-bond acceptors (Lipinski definition) is 4. The van der Waals surface area contributed by atoms with E-state index in [1.165, 1.54) is 14.0 Å². The van der Waals surface area contributed by atoms with Gasteiger partial charge in [0.15, 0.2) is 6.10 Å². The SMILES string of the molecule is COc1ccc(C#N)cc1CO[C@H](C)C(=O)O. The van der Waals surface area contributed by atoms with Crippen molar-refractivity contribution < 1.29 is 19.4 Å². The van der Waals surface area contributed by atoms with E-state index < -0.39 is 12.1 Å². The van der Waals surface area contributed by atoms with Crippen molar-refractivity contribution in [2.75, 3.05) is 7.11 Å². The van der Waals surface area contributed by atoms with Crippen molar-refractivity contribution in [2.45, 2.75) is 19.6 Å². The van der Waals surface area contributed by atoms with Gasteiger partial charge < -0.3 is 14.6 Å². The summed E-state index contributed by atoms with van der Waals surface area (Å²) >= 11 is 0. The number of carboxylic acid groups (broad SMARTS) is 1. The quantitative estimate of drug-likeness (QED) is 0.837. The molecule has 1 atom stereocenters. The third-order valence-corrected chi connectivity index (χ3v) is 2.25. The van der Waals surface area contributed by atoms with Crippen LogP contribution in [0, 0.1) is 11.3 Å². The van der Waals surface area contributed by atoms with Crippen LogP contribution in [0.2, 0.25) is 0 Å². The molecule has 1 aromatic rings. The van der Waals surface area contributed by atoms with Crippen LogP contribution < -0.4 is 4.74 Å². The van der Waals surface area contributed by atoms with Crippen molar-refractivity contribution in [2.24, 2.45) is 0 Å². The summed E-state index contributed by atoms with van der Waals surface area (Å²) in [7, 11) is 1.51. The molecule has 0 saturated heterocycles. The molecule has 17 heavy (non-hydrogen) atoms. The Labute approximate surface area is 99.2 Å². The van der Waals surface area contributed by atoms with Gasteiger partial charge in [-0.3, -0.25) is 0 Å². The van der Waals surface area contributed by atoms with Gasteiger partial charge in [-0.25, -0.2) is 4.79 Å². The Balaban J connectivity index is 2.82. The molecule has 0 aliphatic heterocycles. The van der Waals surface area contributed by atoms with E-state index in [1.54, 1.807) is 18.2 Å². The van der Waals surface area contributed by atoms with E-state index in [0.29, 0.717) is 16.9 Å². The Morgan fingerprint density at radius 3 is 2.82 bits per heavy atom. The summed E-state index contributed by atoms with van der Waals surface area (Å²) in [5, 5.41) is 17.4. The maximum atomic E-state index is 10.6. The van der Waals surface area contributed by atoms with Crippen LogP contribution in [0.4, 0.5) is 0 Å². The first-order valence-corrected chi connectivity index (χ1v) is 5.00. The molecule has 0 saturated carbocycles. The third kappa shape index (κ3) is 3.47. The number of aliphatic carboxylic acids is 1. The molecule has 90 valence electrons. The largest absolute Gasteiger partial charge is 0.496 e. The lowest BCUT2D eigenvalue weighted by Crippen LogP contribution is -2.19. The Morgan fingerprint density at radius 2 is 2.29 bits per heavy atom. The standard InChI is InChI=1S/C12H13NO4/c1-8(12(14)15)17-7-10-5-9(6-13)3-4-11(10)16-2/h3-5,8H,7H2,1-2H3,(H,14,15)/t8-/m1/s1. The summed E-state index contributed by atoms with van der Waals surface area (Å²) in [4.78, 5) is 10.6. The van der Waals surface area contributed by atoms with E-state index in [1.807, 2.05) is 6.07 Å². The molecule has 0 spiro atoms. The van der Waals surface area contributed by atoms with E-state index >= 15 is 0 Å². The van der Waals surface area contributed by atoms with E-state index in [-0.39, 0.29) is 6.61 Å². The van der Waals surface area contributed by atoms with Crippen molar-refractivity contribution >= 4 is 5.97 Å². The highest BCUT2D eigenvalue weighted by Crippen LogP contribution is 2.20. The molecule has 0 radical (unpaired) electrons. The Bertz CT molecular complexity index is 450. The lowest BCUT2D eigenvalue weighted by molar-refractivity contribution is -0.149. The fraction of sp³-hybridized carbons (Fsp3) is 0.333. The topological polar surface area (TPSA) is 79.5 Å².